The maximum absolute atomic E-state index is 11.8. The predicted octanol–water partition coefficient (Wildman–Crippen LogP) is 3.24. The third-order valence-corrected chi connectivity index (χ3v) is 4.40. The van der Waals surface area contributed by atoms with Crippen LogP contribution < -0.4 is 20.1 Å². The van der Waals surface area contributed by atoms with Gasteiger partial charge in [0, 0.05) is 18.0 Å². The summed E-state index contributed by atoms with van der Waals surface area (Å²) in [7, 11) is 1.63. The molecule has 0 radical (unpaired) electrons. The molecular weight excluding hydrogens is 324 g/mol. The Morgan fingerprint density at radius 1 is 1.12 bits per heavy atom. The Bertz CT molecular complexity index is 629. The van der Waals surface area contributed by atoms with Crippen molar-refractivity contribution in [1.29, 1.82) is 0 Å². The SMILES string of the molecule is CCOc1ccc(CCNC(=O)NCCc2cccs2)cc1OC. The topological polar surface area (TPSA) is 59.6 Å². The second kappa shape index (κ2) is 9.82. The van der Waals surface area contributed by atoms with Gasteiger partial charge in [-0.05, 0) is 48.9 Å². The van der Waals surface area contributed by atoms with E-state index in [2.05, 4.69) is 16.7 Å². The van der Waals surface area contributed by atoms with E-state index in [4.69, 9.17) is 9.47 Å². The molecule has 1 aromatic heterocycles. The highest BCUT2D eigenvalue weighted by atomic mass is 32.1. The molecule has 0 atom stereocenters. The maximum Gasteiger partial charge on any atom is 0.314 e. The van der Waals surface area contributed by atoms with E-state index in [-0.39, 0.29) is 6.03 Å². The zero-order valence-electron chi connectivity index (χ0n) is 14.1. The lowest BCUT2D eigenvalue weighted by Crippen LogP contribution is -2.37. The lowest BCUT2D eigenvalue weighted by atomic mass is 10.1. The fraction of sp³-hybridized carbons (Fsp3) is 0.389. The summed E-state index contributed by atoms with van der Waals surface area (Å²) in [4.78, 5) is 13.0. The Hall–Kier alpha value is -2.21. The van der Waals surface area contributed by atoms with Crippen molar-refractivity contribution in [3.63, 3.8) is 0 Å². The molecule has 0 bridgehead atoms. The summed E-state index contributed by atoms with van der Waals surface area (Å²) in [5, 5.41) is 7.78. The van der Waals surface area contributed by atoms with Gasteiger partial charge in [0.25, 0.3) is 0 Å². The first-order chi connectivity index (χ1) is 11.7. The van der Waals surface area contributed by atoms with Crippen LogP contribution in [0.3, 0.4) is 0 Å². The summed E-state index contributed by atoms with van der Waals surface area (Å²) < 4.78 is 10.8. The summed E-state index contributed by atoms with van der Waals surface area (Å²) in [6, 6.07) is 9.79. The highest BCUT2D eigenvalue weighted by Crippen LogP contribution is 2.28. The van der Waals surface area contributed by atoms with Crippen molar-refractivity contribution in [2.75, 3.05) is 26.8 Å². The lowest BCUT2D eigenvalue weighted by Gasteiger charge is -2.11. The number of hydrogen-bond donors (Lipinski definition) is 2. The number of hydrogen-bond acceptors (Lipinski definition) is 4. The standard InChI is InChI=1S/C18H24N2O3S/c1-3-23-16-7-6-14(13-17(16)22-2)8-10-19-18(21)20-11-9-15-5-4-12-24-15/h4-7,12-13H,3,8-11H2,1-2H3,(H2,19,20,21). The Kier molecular flexibility index (Phi) is 7.42. The van der Waals surface area contributed by atoms with Crippen LogP contribution in [-0.4, -0.2) is 32.8 Å². The molecule has 0 spiro atoms. The van der Waals surface area contributed by atoms with Gasteiger partial charge in [-0.1, -0.05) is 12.1 Å². The normalized spacial score (nSPS) is 10.2. The molecule has 5 nitrogen and oxygen atoms in total. The van der Waals surface area contributed by atoms with E-state index >= 15 is 0 Å². The second-order valence-electron chi connectivity index (χ2n) is 5.18. The van der Waals surface area contributed by atoms with Gasteiger partial charge >= 0.3 is 6.03 Å². The number of carbonyl (C=O) groups is 1. The van der Waals surface area contributed by atoms with Crippen LogP contribution in [-0.2, 0) is 12.8 Å². The molecule has 1 aromatic carbocycles. The van der Waals surface area contributed by atoms with Crippen LogP contribution in [0.2, 0.25) is 0 Å². The molecule has 0 unspecified atom stereocenters. The van der Waals surface area contributed by atoms with Crippen LogP contribution >= 0.6 is 11.3 Å². The summed E-state index contributed by atoms with van der Waals surface area (Å²) in [6.07, 6.45) is 1.60. The number of amides is 2. The van der Waals surface area contributed by atoms with E-state index in [0.29, 0.717) is 19.7 Å². The summed E-state index contributed by atoms with van der Waals surface area (Å²) in [5.41, 5.74) is 1.09. The number of rotatable bonds is 9. The van der Waals surface area contributed by atoms with Gasteiger partial charge in [-0.25, -0.2) is 4.79 Å². The van der Waals surface area contributed by atoms with E-state index in [0.717, 1.165) is 29.9 Å². The Morgan fingerprint density at radius 3 is 2.58 bits per heavy atom. The van der Waals surface area contributed by atoms with Crippen LogP contribution in [0.1, 0.15) is 17.4 Å². The monoisotopic (exact) mass is 348 g/mol. The Morgan fingerprint density at radius 2 is 1.92 bits per heavy atom. The van der Waals surface area contributed by atoms with E-state index in [1.165, 1.54) is 4.88 Å². The van der Waals surface area contributed by atoms with Gasteiger partial charge in [-0.15, -0.1) is 11.3 Å². The average molecular weight is 348 g/mol. The minimum Gasteiger partial charge on any atom is -0.493 e. The van der Waals surface area contributed by atoms with Gasteiger partial charge in [0.2, 0.25) is 0 Å². The van der Waals surface area contributed by atoms with E-state index < -0.39 is 0 Å². The first-order valence-electron chi connectivity index (χ1n) is 8.06. The Labute approximate surface area is 147 Å². The van der Waals surface area contributed by atoms with E-state index in [1.54, 1.807) is 18.4 Å². The average Bonchev–Trinajstić information content (AvgIpc) is 3.09. The summed E-state index contributed by atoms with van der Waals surface area (Å²) in [6.45, 7) is 3.75. The van der Waals surface area contributed by atoms with Crippen molar-refractivity contribution in [3.05, 3.63) is 46.2 Å². The third kappa shape index (κ3) is 5.77. The fourth-order valence-corrected chi connectivity index (χ4v) is 2.99. The summed E-state index contributed by atoms with van der Waals surface area (Å²) in [5.74, 6) is 1.46. The lowest BCUT2D eigenvalue weighted by molar-refractivity contribution is 0.241. The highest BCUT2D eigenvalue weighted by molar-refractivity contribution is 7.09. The zero-order chi connectivity index (χ0) is 17.2. The van der Waals surface area contributed by atoms with Crippen molar-refractivity contribution in [2.45, 2.75) is 19.8 Å². The molecule has 0 saturated carbocycles. The molecule has 0 aliphatic rings. The van der Waals surface area contributed by atoms with Crippen LogP contribution in [0.4, 0.5) is 4.79 Å². The molecule has 2 rings (SSSR count). The van der Waals surface area contributed by atoms with E-state index in [9.17, 15) is 4.79 Å². The third-order valence-electron chi connectivity index (χ3n) is 3.46. The molecule has 1 heterocycles. The molecule has 24 heavy (non-hydrogen) atoms. The van der Waals surface area contributed by atoms with Crippen molar-refractivity contribution < 1.29 is 14.3 Å². The van der Waals surface area contributed by atoms with Crippen molar-refractivity contribution >= 4 is 17.4 Å². The molecule has 2 N–H and O–H groups in total. The summed E-state index contributed by atoms with van der Waals surface area (Å²) >= 11 is 1.70. The number of methoxy groups -OCH3 is 1. The highest BCUT2D eigenvalue weighted by Gasteiger charge is 2.06. The van der Waals surface area contributed by atoms with Crippen LogP contribution in [0, 0.1) is 0 Å². The number of nitrogens with one attached hydrogen (secondary N) is 2. The minimum atomic E-state index is -0.135. The van der Waals surface area contributed by atoms with Gasteiger partial charge in [0.05, 0.1) is 13.7 Å². The van der Waals surface area contributed by atoms with Gasteiger partial charge in [-0.2, -0.15) is 0 Å². The molecular formula is C18H24N2O3S. The Balaban J connectivity index is 1.70. The number of benzene rings is 1. The van der Waals surface area contributed by atoms with Crippen LogP contribution in [0.15, 0.2) is 35.7 Å². The zero-order valence-corrected chi connectivity index (χ0v) is 14.9. The number of carbonyl (C=O) groups excluding carboxylic acids is 1. The van der Waals surface area contributed by atoms with Gasteiger partial charge < -0.3 is 20.1 Å². The first-order valence-corrected chi connectivity index (χ1v) is 8.94. The largest absolute Gasteiger partial charge is 0.493 e. The molecule has 6 heteroatoms. The van der Waals surface area contributed by atoms with Gasteiger partial charge in [-0.3, -0.25) is 0 Å². The molecule has 2 aromatic rings. The molecule has 130 valence electrons. The van der Waals surface area contributed by atoms with Crippen molar-refractivity contribution in [1.82, 2.24) is 10.6 Å². The second-order valence-corrected chi connectivity index (χ2v) is 6.21. The maximum atomic E-state index is 11.8. The number of ether oxygens (including phenoxy) is 2. The van der Waals surface area contributed by atoms with Crippen LogP contribution in [0.5, 0.6) is 11.5 Å². The van der Waals surface area contributed by atoms with Gasteiger partial charge in [0.15, 0.2) is 11.5 Å². The number of thiophene rings is 1. The minimum absolute atomic E-state index is 0.135. The van der Waals surface area contributed by atoms with Crippen molar-refractivity contribution in [3.8, 4) is 11.5 Å². The molecule has 0 aliphatic heterocycles. The molecule has 0 aliphatic carbocycles. The van der Waals surface area contributed by atoms with E-state index in [1.807, 2.05) is 36.6 Å². The smallest absolute Gasteiger partial charge is 0.314 e. The first kappa shape index (κ1) is 18.1. The number of urea groups is 1. The fourth-order valence-electron chi connectivity index (χ4n) is 2.28. The molecule has 0 fully saturated rings. The predicted molar refractivity (Wildman–Crippen MR) is 97.3 cm³/mol. The van der Waals surface area contributed by atoms with Crippen LogP contribution in [0.25, 0.3) is 0 Å². The molecule has 0 saturated heterocycles. The van der Waals surface area contributed by atoms with Crippen molar-refractivity contribution in [2.24, 2.45) is 0 Å². The molecule has 2 amide bonds. The quantitative estimate of drug-likeness (QED) is 0.731. The van der Waals surface area contributed by atoms with Gasteiger partial charge in [0.1, 0.15) is 0 Å².